The van der Waals surface area contributed by atoms with Gasteiger partial charge in [0.05, 0.1) is 0 Å². The van der Waals surface area contributed by atoms with Crippen LogP contribution in [0.25, 0.3) is 0 Å². The van der Waals surface area contributed by atoms with E-state index in [1.54, 1.807) is 0 Å². The third kappa shape index (κ3) is 4.93. The second-order valence-electron chi connectivity index (χ2n) is 6.10. The fraction of sp³-hybridized carbons (Fsp3) is 0.350. The van der Waals surface area contributed by atoms with Crippen LogP contribution in [0.2, 0.25) is 0 Å². The molecule has 0 aromatic heterocycles. The number of nitrogens with one attached hydrogen (secondary N) is 1. The van der Waals surface area contributed by atoms with E-state index < -0.39 is 0 Å². The van der Waals surface area contributed by atoms with Crippen LogP contribution >= 0.6 is 0 Å². The Kier molecular flexibility index (Phi) is 6.36. The lowest BCUT2D eigenvalue weighted by molar-refractivity contribution is -0.688. The normalized spacial score (nSPS) is 13.3. The molecule has 0 heterocycles. The summed E-state index contributed by atoms with van der Waals surface area (Å²) in [5.41, 5.74) is 3.37. The van der Waals surface area contributed by atoms with Crippen molar-refractivity contribution in [2.75, 3.05) is 5.32 Å². The molecule has 3 nitrogen and oxygen atoms in total. The molecular weight excluding hydrogens is 284 g/mol. The van der Waals surface area contributed by atoms with Crippen molar-refractivity contribution in [2.24, 2.45) is 0 Å². The first-order valence-corrected chi connectivity index (χ1v) is 8.38. The SMILES string of the molecule is CC[C@H](C)c1ccccc1NC(=O)[C@H](C)[NH2+]Cc1ccccc1. The standard InChI is InChI=1S/C20H26N2O/c1-4-15(2)18-12-8-9-13-19(18)22-20(23)16(3)21-14-17-10-6-5-7-11-17/h5-13,15-16,21H,4,14H2,1-3H3,(H,22,23)/p+1/t15-,16-/m0/s1. The van der Waals surface area contributed by atoms with Gasteiger partial charge in [-0.1, -0.05) is 62.4 Å². The first-order chi connectivity index (χ1) is 11.1. The van der Waals surface area contributed by atoms with E-state index in [2.05, 4.69) is 42.7 Å². The number of amides is 1. The van der Waals surface area contributed by atoms with Gasteiger partial charge in [0.15, 0.2) is 6.04 Å². The molecule has 0 aliphatic heterocycles. The molecule has 0 spiro atoms. The second-order valence-corrected chi connectivity index (χ2v) is 6.10. The van der Waals surface area contributed by atoms with Crippen molar-refractivity contribution in [2.45, 2.75) is 45.7 Å². The summed E-state index contributed by atoms with van der Waals surface area (Å²) in [6.45, 7) is 7.11. The number of anilines is 1. The molecule has 2 aromatic rings. The van der Waals surface area contributed by atoms with E-state index >= 15 is 0 Å². The summed E-state index contributed by atoms with van der Waals surface area (Å²) >= 11 is 0. The molecule has 23 heavy (non-hydrogen) atoms. The van der Waals surface area contributed by atoms with Gasteiger partial charge in [-0.05, 0) is 30.9 Å². The van der Waals surface area contributed by atoms with Crippen molar-refractivity contribution < 1.29 is 10.1 Å². The van der Waals surface area contributed by atoms with Gasteiger partial charge >= 0.3 is 0 Å². The quantitative estimate of drug-likeness (QED) is 0.810. The molecule has 0 bridgehead atoms. The summed E-state index contributed by atoms with van der Waals surface area (Å²) in [6, 6.07) is 18.2. The Labute approximate surface area is 139 Å². The number of nitrogens with two attached hydrogens (primary N) is 1. The second kappa shape index (κ2) is 8.49. The molecule has 0 fully saturated rings. The molecule has 0 saturated heterocycles. The lowest BCUT2D eigenvalue weighted by atomic mass is 9.97. The molecule has 3 N–H and O–H groups in total. The van der Waals surface area contributed by atoms with Crippen molar-refractivity contribution in [1.29, 1.82) is 0 Å². The minimum absolute atomic E-state index is 0.0525. The molecule has 0 radical (unpaired) electrons. The van der Waals surface area contributed by atoms with Crippen molar-refractivity contribution in [1.82, 2.24) is 0 Å². The van der Waals surface area contributed by atoms with Crippen LogP contribution in [0.3, 0.4) is 0 Å². The largest absolute Gasteiger partial charge is 0.333 e. The van der Waals surface area contributed by atoms with E-state index in [1.807, 2.05) is 43.3 Å². The monoisotopic (exact) mass is 311 g/mol. The van der Waals surface area contributed by atoms with E-state index in [0.29, 0.717) is 5.92 Å². The number of quaternary nitrogens is 1. The molecule has 0 aliphatic carbocycles. The first kappa shape index (κ1) is 17.2. The number of carbonyl (C=O) groups excluding carboxylic acids is 1. The zero-order valence-corrected chi connectivity index (χ0v) is 14.3. The molecule has 0 aliphatic rings. The van der Waals surface area contributed by atoms with Crippen molar-refractivity contribution in [3.05, 3.63) is 65.7 Å². The van der Waals surface area contributed by atoms with Crippen molar-refractivity contribution >= 4 is 11.6 Å². The predicted octanol–water partition coefficient (Wildman–Crippen LogP) is 3.29. The van der Waals surface area contributed by atoms with Crippen LogP contribution in [0.4, 0.5) is 5.69 Å². The highest BCUT2D eigenvalue weighted by Gasteiger charge is 2.18. The molecule has 122 valence electrons. The highest BCUT2D eigenvalue weighted by molar-refractivity contribution is 5.94. The van der Waals surface area contributed by atoms with E-state index in [1.165, 1.54) is 11.1 Å². The Morgan fingerprint density at radius 3 is 2.39 bits per heavy atom. The van der Waals surface area contributed by atoms with Gasteiger partial charge < -0.3 is 10.6 Å². The maximum Gasteiger partial charge on any atom is 0.282 e. The van der Waals surface area contributed by atoms with Gasteiger partial charge in [-0.3, -0.25) is 4.79 Å². The molecule has 2 aromatic carbocycles. The molecular formula is C20H27N2O+. The van der Waals surface area contributed by atoms with Crippen LogP contribution in [-0.2, 0) is 11.3 Å². The summed E-state index contributed by atoms with van der Waals surface area (Å²) in [5, 5.41) is 5.16. The Bertz CT molecular complexity index is 625. The van der Waals surface area contributed by atoms with E-state index in [-0.39, 0.29) is 11.9 Å². The zero-order chi connectivity index (χ0) is 16.7. The van der Waals surface area contributed by atoms with Crippen LogP contribution in [0, 0.1) is 0 Å². The number of para-hydroxylation sites is 1. The minimum atomic E-state index is -0.125. The minimum Gasteiger partial charge on any atom is -0.333 e. The first-order valence-electron chi connectivity index (χ1n) is 8.38. The van der Waals surface area contributed by atoms with Gasteiger partial charge in [-0.2, -0.15) is 0 Å². The van der Waals surface area contributed by atoms with Crippen LogP contribution < -0.4 is 10.6 Å². The Morgan fingerprint density at radius 1 is 1.04 bits per heavy atom. The summed E-state index contributed by atoms with van der Waals surface area (Å²) in [6.07, 6.45) is 1.06. The number of carbonyl (C=O) groups is 1. The molecule has 0 unspecified atom stereocenters. The van der Waals surface area contributed by atoms with Crippen molar-refractivity contribution in [3.8, 4) is 0 Å². The fourth-order valence-corrected chi connectivity index (χ4v) is 2.54. The molecule has 3 heteroatoms. The average Bonchev–Trinajstić information content (AvgIpc) is 2.60. The number of benzene rings is 2. The average molecular weight is 311 g/mol. The highest BCUT2D eigenvalue weighted by atomic mass is 16.2. The van der Waals surface area contributed by atoms with Gasteiger partial charge in [0.2, 0.25) is 0 Å². The number of hydrogen-bond acceptors (Lipinski definition) is 1. The predicted molar refractivity (Wildman–Crippen MR) is 95.3 cm³/mol. The summed E-state index contributed by atoms with van der Waals surface area (Å²) in [7, 11) is 0. The summed E-state index contributed by atoms with van der Waals surface area (Å²) in [5.74, 6) is 0.492. The van der Waals surface area contributed by atoms with Gasteiger partial charge in [-0.25, -0.2) is 0 Å². The van der Waals surface area contributed by atoms with Crippen LogP contribution in [-0.4, -0.2) is 11.9 Å². The highest BCUT2D eigenvalue weighted by Crippen LogP contribution is 2.26. The third-order valence-corrected chi connectivity index (χ3v) is 4.33. The van der Waals surface area contributed by atoms with Gasteiger partial charge in [-0.15, -0.1) is 0 Å². The third-order valence-electron chi connectivity index (χ3n) is 4.33. The number of rotatable bonds is 7. The maximum absolute atomic E-state index is 12.5. The van der Waals surface area contributed by atoms with Gasteiger partial charge in [0, 0.05) is 11.3 Å². The zero-order valence-electron chi connectivity index (χ0n) is 14.3. The smallest absolute Gasteiger partial charge is 0.282 e. The van der Waals surface area contributed by atoms with Gasteiger partial charge in [0.1, 0.15) is 6.54 Å². The van der Waals surface area contributed by atoms with E-state index in [0.717, 1.165) is 18.7 Å². The molecule has 2 atom stereocenters. The Hall–Kier alpha value is -2.13. The number of hydrogen-bond donors (Lipinski definition) is 2. The lowest BCUT2D eigenvalue weighted by Gasteiger charge is -2.17. The van der Waals surface area contributed by atoms with Gasteiger partial charge in [0.25, 0.3) is 5.91 Å². The summed E-state index contributed by atoms with van der Waals surface area (Å²) in [4.78, 5) is 12.5. The maximum atomic E-state index is 12.5. The van der Waals surface area contributed by atoms with Crippen molar-refractivity contribution in [3.63, 3.8) is 0 Å². The van der Waals surface area contributed by atoms with Crippen LogP contribution in [0.1, 0.15) is 44.2 Å². The fourth-order valence-electron chi connectivity index (χ4n) is 2.54. The Morgan fingerprint density at radius 2 is 1.70 bits per heavy atom. The van der Waals surface area contributed by atoms with E-state index in [4.69, 9.17) is 0 Å². The summed E-state index contributed by atoms with van der Waals surface area (Å²) < 4.78 is 0. The Balaban J connectivity index is 1.96. The molecule has 1 amide bonds. The van der Waals surface area contributed by atoms with E-state index in [9.17, 15) is 4.79 Å². The van der Waals surface area contributed by atoms with Crippen LogP contribution in [0.15, 0.2) is 54.6 Å². The topological polar surface area (TPSA) is 45.7 Å². The lowest BCUT2D eigenvalue weighted by Crippen LogP contribution is -2.90. The molecule has 2 rings (SSSR count). The molecule has 0 saturated carbocycles. The van der Waals surface area contributed by atoms with Crippen LogP contribution in [0.5, 0.6) is 0 Å².